The van der Waals surface area contributed by atoms with Gasteiger partial charge in [0.05, 0.1) is 10.4 Å². The second-order valence-corrected chi connectivity index (χ2v) is 7.61. The Bertz CT molecular complexity index is 1010. The van der Waals surface area contributed by atoms with Gasteiger partial charge in [-0.3, -0.25) is 9.59 Å². The molecule has 3 aromatic rings. The number of ether oxygens (including phenoxy) is 2. The van der Waals surface area contributed by atoms with Crippen LogP contribution in [0.2, 0.25) is 0 Å². The highest BCUT2D eigenvalue weighted by molar-refractivity contribution is 7.14. The number of thiophene rings is 1. The van der Waals surface area contributed by atoms with Gasteiger partial charge in [-0.2, -0.15) is 0 Å². The van der Waals surface area contributed by atoms with Gasteiger partial charge in [-0.05, 0) is 55.0 Å². The van der Waals surface area contributed by atoms with Crippen LogP contribution in [0, 0.1) is 0 Å². The summed E-state index contributed by atoms with van der Waals surface area (Å²) in [5.41, 5.74) is 0.338. The van der Waals surface area contributed by atoms with Crippen LogP contribution < -0.4 is 10.1 Å². The summed E-state index contributed by atoms with van der Waals surface area (Å²) in [7, 11) is 0. The van der Waals surface area contributed by atoms with E-state index in [4.69, 9.17) is 9.47 Å². The Hall–Kier alpha value is -3.45. The fraction of sp³-hybridized carbons (Fsp3) is 0.174. The van der Waals surface area contributed by atoms with Crippen LogP contribution in [0.15, 0.2) is 66.7 Å². The van der Waals surface area contributed by atoms with E-state index >= 15 is 0 Å². The molecule has 7 heteroatoms. The van der Waals surface area contributed by atoms with Crippen LogP contribution in [0.4, 0.5) is 0 Å². The molecule has 0 saturated heterocycles. The highest BCUT2D eigenvalue weighted by Crippen LogP contribution is 2.22. The highest BCUT2D eigenvalue weighted by atomic mass is 32.1. The lowest BCUT2D eigenvalue weighted by atomic mass is 10.2. The number of benzene rings is 2. The summed E-state index contributed by atoms with van der Waals surface area (Å²) in [5.74, 6) is 0.375. The lowest BCUT2D eigenvalue weighted by Gasteiger charge is -2.07. The molecule has 0 atom stereocenters. The molecule has 154 valence electrons. The van der Waals surface area contributed by atoms with Crippen molar-refractivity contribution in [2.45, 2.75) is 13.3 Å². The van der Waals surface area contributed by atoms with Crippen molar-refractivity contribution in [3.63, 3.8) is 0 Å². The van der Waals surface area contributed by atoms with Gasteiger partial charge in [0.1, 0.15) is 11.5 Å². The van der Waals surface area contributed by atoms with Gasteiger partial charge in [0, 0.05) is 18.3 Å². The lowest BCUT2D eigenvalue weighted by Crippen LogP contribution is -2.22. The summed E-state index contributed by atoms with van der Waals surface area (Å²) in [6.07, 6.45) is 0.648. The number of esters is 1. The van der Waals surface area contributed by atoms with Crippen molar-refractivity contribution in [2.75, 3.05) is 13.2 Å². The Kier molecular flexibility index (Phi) is 7.34. The molecule has 0 spiro atoms. The van der Waals surface area contributed by atoms with E-state index in [1.807, 2.05) is 36.4 Å². The second-order valence-electron chi connectivity index (χ2n) is 6.44. The first kappa shape index (κ1) is 21.3. The maximum Gasteiger partial charge on any atom is 0.338 e. The van der Waals surface area contributed by atoms with Crippen molar-refractivity contribution >= 4 is 29.0 Å². The molecule has 1 amide bonds. The number of para-hydroxylation sites is 1. The molecule has 30 heavy (non-hydrogen) atoms. The highest BCUT2D eigenvalue weighted by Gasteiger charge is 2.14. The average Bonchev–Trinajstić information content (AvgIpc) is 3.22. The van der Waals surface area contributed by atoms with Crippen LogP contribution in [0.3, 0.4) is 0 Å². The van der Waals surface area contributed by atoms with Gasteiger partial charge in [-0.25, -0.2) is 4.79 Å². The number of hydrogen-bond acceptors (Lipinski definition) is 6. The minimum Gasteiger partial charge on any atom is -0.457 e. The number of rotatable bonds is 9. The summed E-state index contributed by atoms with van der Waals surface area (Å²) in [5, 5.41) is 2.71. The summed E-state index contributed by atoms with van der Waals surface area (Å²) < 4.78 is 10.8. The van der Waals surface area contributed by atoms with Crippen LogP contribution >= 0.6 is 11.3 Å². The zero-order chi connectivity index (χ0) is 21.3. The van der Waals surface area contributed by atoms with Gasteiger partial charge in [0.25, 0.3) is 0 Å². The van der Waals surface area contributed by atoms with Crippen molar-refractivity contribution in [2.24, 2.45) is 0 Å². The molecule has 1 aromatic heterocycles. The van der Waals surface area contributed by atoms with Crippen LogP contribution in [0.25, 0.3) is 0 Å². The molecule has 1 N–H and O–H groups in total. The fourth-order valence-corrected chi connectivity index (χ4v) is 3.52. The number of Topliss-reactive ketones (excluding diaryl/α,β-unsaturated/α-hetero) is 1. The summed E-state index contributed by atoms with van der Waals surface area (Å²) in [4.78, 5) is 36.9. The minimum absolute atomic E-state index is 0.0885. The number of ketones is 1. The van der Waals surface area contributed by atoms with Crippen molar-refractivity contribution < 1.29 is 23.9 Å². The van der Waals surface area contributed by atoms with Crippen molar-refractivity contribution in [1.29, 1.82) is 0 Å². The number of nitrogens with one attached hydrogen (secondary N) is 1. The van der Waals surface area contributed by atoms with Gasteiger partial charge < -0.3 is 14.8 Å². The van der Waals surface area contributed by atoms with Crippen LogP contribution in [-0.2, 0) is 16.0 Å². The molecule has 0 saturated carbocycles. The normalized spacial score (nSPS) is 10.3. The lowest BCUT2D eigenvalue weighted by molar-refractivity contribution is -0.118. The Balaban J connectivity index is 1.48. The molecular formula is C23H21NO5S. The Morgan fingerprint density at radius 3 is 2.30 bits per heavy atom. The molecule has 6 nitrogen and oxygen atoms in total. The number of amides is 1. The van der Waals surface area contributed by atoms with E-state index < -0.39 is 5.97 Å². The van der Waals surface area contributed by atoms with Gasteiger partial charge in [-0.1, -0.05) is 18.2 Å². The topological polar surface area (TPSA) is 81.7 Å². The van der Waals surface area contributed by atoms with Crippen molar-refractivity contribution in [3.05, 3.63) is 82.0 Å². The zero-order valence-corrected chi connectivity index (χ0v) is 17.2. The maximum absolute atomic E-state index is 12.3. The Morgan fingerprint density at radius 1 is 0.900 bits per heavy atom. The molecular weight excluding hydrogens is 402 g/mol. The van der Waals surface area contributed by atoms with Crippen molar-refractivity contribution in [1.82, 2.24) is 5.32 Å². The number of carbonyl (C=O) groups is 3. The van der Waals surface area contributed by atoms with Gasteiger partial charge in [0.2, 0.25) is 11.7 Å². The second kappa shape index (κ2) is 10.4. The van der Waals surface area contributed by atoms with E-state index in [0.717, 1.165) is 4.88 Å². The summed E-state index contributed by atoms with van der Waals surface area (Å²) in [6.45, 7) is 1.65. The molecule has 0 unspecified atom stereocenters. The molecule has 0 aliphatic rings. The third kappa shape index (κ3) is 6.28. The largest absolute Gasteiger partial charge is 0.457 e. The van der Waals surface area contributed by atoms with Crippen LogP contribution in [0.5, 0.6) is 11.5 Å². The van der Waals surface area contributed by atoms with E-state index in [-0.39, 0.29) is 18.3 Å². The van der Waals surface area contributed by atoms with E-state index in [0.29, 0.717) is 34.9 Å². The molecule has 2 aromatic carbocycles. The smallest absolute Gasteiger partial charge is 0.338 e. The van der Waals surface area contributed by atoms with E-state index in [1.54, 1.807) is 30.3 Å². The molecule has 0 bridgehead atoms. The zero-order valence-electron chi connectivity index (χ0n) is 16.4. The maximum atomic E-state index is 12.3. The summed E-state index contributed by atoms with van der Waals surface area (Å²) in [6, 6.07) is 19.4. The average molecular weight is 423 g/mol. The van der Waals surface area contributed by atoms with E-state index in [1.165, 1.54) is 18.3 Å². The monoisotopic (exact) mass is 423 g/mol. The van der Waals surface area contributed by atoms with Gasteiger partial charge in [0.15, 0.2) is 6.61 Å². The molecule has 3 rings (SSSR count). The molecule has 0 fully saturated rings. The third-order valence-corrected chi connectivity index (χ3v) is 5.27. The SMILES string of the molecule is CC(=O)NCCc1ccc(C(=O)COC(=O)c2ccc(Oc3ccccc3)cc2)s1. The van der Waals surface area contributed by atoms with Gasteiger partial charge >= 0.3 is 5.97 Å². The Morgan fingerprint density at radius 2 is 1.60 bits per heavy atom. The first-order valence-corrected chi connectivity index (χ1v) is 10.2. The predicted octanol–water partition coefficient (Wildman–Crippen LogP) is 4.26. The molecule has 0 radical (unpaired) electrons. The van der Waals surface area contributed by atoms with Gasteiger partial charge in [-0.15, -0.1) is 11.3 Å². The number of carbonyl (C=O) groups excluding carboxylic acids is 3. The predicted molar refractivity (Wildman–Crippen MR) is 114 cm³/mol. The molecule has 1 heterocycles. The standard InChI is InChI=1S/C23H21NO5S/c1-16(25)24-14-13-20-11-12-22(30-20)21(26)15-28-23(27)17-7-9-19(10-8-17)29-18-5-3-2-4-6-18/h2-12H,13-15H2,1H3,(H,24,25). The fourth-order valence-electron chi connectivity index (χ4n) is 2.59. The molecule has 0 aliphatic carbocycles. The summed E-state index contributed by atoms with van der Waals surface area (Å²) >= 11 is 1.33. The first-order valence-electron chi connectivity index (χ1n) is 9.38. The van der Waals surface area contributed by atoms with E-state index in [9.17, 15) is 14.4 Å². The van der Waals surface area contributed by atoms with Crippen LogP contribution in [0.1, 0.15) is 31.8 Å². The first-order chi connectivity index (χ1) is 14.5. The number of hydrogen-bond donors (Lipinski definition) is 1. The minimum atomic E-state index is -0.572. The van der Waals surface area contributed by atoms with E-state index in [2.05, 4.69) is 5.32 Å². The van der Waals surface area contributed by atoms with Crippen LogP contribution in [-0.4, -0.2) is 30.8 Å². The third-order valence-electron chi connectivity index (χ3n) is 4.09. The molecule has 0 aliphatic heterocycles. The quantitative estimate of drug-likeness (QED) is 0.411. The van der Waals surface area contributed by atoms with Crippen molar-refractivity contribution in [3.8, 4) is 11.5 Å². The Labute approximate surface area is 178 Å².